The lowest BCUT2D eigenvalue weighted by atomic mass is 10.2. The normalized spacial score (nSPS) is 12.3. The molecule has 0 bridgehead atoms. The molecule has 11 heteroatoms. The Kier molecular flexibility index (Phi) is 5.10. The molecule has 0 heterocycles. The third-order valence-corrected chi connectivity index (χ3v) is 4.70. The largest absolute Gasteiger partial charge is 0.478 e. The van der Waals surface area contributed by atoms with Crippen LogP contribution in [0.1, 0.15) is 10.4 Å². The summed E-state index contributed by atoms with van der Waals surface area (Å²) in [6, 6.07) is 3.05. The lowest BCUT2D eigenvalue weighted by Crippen LogP contribution is -2.31. The number of aromatic carboxylic acids is 1. The van der Waals surface area contributed by atoms with E-state index in [9.17, 15) is 21.6 Å². The number of primary sulfonamides is 1. The van der Waals surface area contributed by atoms with Crippen LogP contribution >= 0.6 is 11.6 Å². The molecule has 0 saturated carbocycles. The monoisotopic (exact) mass is 342 g/mol. The zero-order valence-corrected chi connectivity index (χ0v) is 12.3. The highest BCUT2D eigenvalue weighted by molar-refractivity contribution is 7.90. The van der Waals surface area contributed by atoms with Crippen molar-refractivity contribution in [3.8, 4) is 0 Å². The quantitative estimate of drug-likeness (QED) is 0.642. The van der Waals surface area contributed by atoms with E-state index >= 15 is 0 Å². The van der Waals surface area contributed by atoms with Gasteiger partial charge in [0.2, 0.25) is 20.0 Å². The third kappa shape index (κ3) is 4.72. The maximum Gasteiger partial charge on any atom is 0.337 e. The van der Waals surface area contributed by atoms with E-state index in [1.807, 2.05) is 4.72 Å². The number of carboxylic acids is 1. The maximum atomic E-state index is 11.8. The summed E-state index contributed by atoms with van der Waals surface area (Å²) < 4.78 is 47.0. The number of hydrogen-bond acceptors (Lipinski definition) is 5. The summed E-state index contributed by atoms with van der Waals surface area (Å²) in [5.41, 5.74) is -0.241. The molecule has 0 spiro atoms. The minimum absolute atomic E-state index is 0.241. The summed E-state index contributed by atoms with van der Waals surface area (Å²) in [7, 11) is -7.78. The molecule has 0 fully saturated rings. The van der Waals surface area contributed by atoms with E-state index in [0.717, 1.165) is 18.2 Å². The van der Waals surface area contributed by atoms with E-state index in [-0.39, 0.29) is 15.5 Å². The van der Waals surface area contributed by atoms with Crippen LogP contribution in [0, 0.1) is 0 Å². The van der Waals surface area contributed by atoms with Gasteiger partial charge in [0.15, 0.2) is 0 Å². The Bertz CT molecular complexity index is 729. The number of nitrogens with one attached hydrogen (secondary N) is 1. The second kappa shape index (κ2) is 6.06. The van der Waals surface area contributed by atoms with Crippen molar-refractivity contribution in [2.45, 2.75) is 4.90 Å². The van der Waals surface area contributed by atoms with E-state index in [0.29, 0.717) is 0 Å². The van der Waals surface area contributed by atoms with E-state index in [1.165, 1.54) is 0 Å². The van der Waals surface area contributed by atoms with Gasteiger partial charge < -0.3 is 5.11 Å². The van der Waals surface area contributed by atoms with Crippen molar-refractivity contribution in [2.75, 3.05) is 12.3 Å². The predicted octanol–water partition coefficient (Wildman–Crippen LogP) is -0.395. The summed E-state index contributed by atoms with van der Waals surface area (Å²) >= 11 is 5.65. The number of carbonyl (C=O) groups is 1. The SMILES string of the molecule is NS(=O)(=O)CCNS(=O)(=O)c1ccc(C(=O)O)c(Cl)c1. The minimum atomic E-state index is -4.00. The van der Waals surface area contributed by atoms with Gasteiger partial charge in [-0.05, 0) is 18.2 Å². The number of sulfonamides is 2. The number of halogens is 1. The Balaban J connectivity index is 2.94. The predicted molar refractivity (Wildman–Crippen MR) is 71.6 cm³/mol. The Morgan fingerprint density at radius 2 is 1.90 bits per heavy atom. The fraction of sp³-hybridized carbons (Fsp3) is 0.222. The van der Waals surface area contributed by atoms with Crippen LogP contribution in [-0.4, -0.2) is 40.2 Å². The first-order valence-electron chi connectivity index (χ1n) is 5.06. The molecular formula is C9H11ClN2O6S2. The van der Waals surface area contributed by atoms with Crippen molar-refractivity contribution in [1.29, 1.82) is 0 Å². The van der Waals surface area contributed by atoms with Gasteiger partial charge in [0.1, 0.15) is 0 Å². The van der Waals surface area contributed by atoms with Crippen molar-refractivity contribution >= 4 is 37.6 Å². The molecule has 0 aliphatic rings. The van der Waals surface area contributed by atoms with Crippen molar-refractivity contribution in [1.82, 2.24) is 4.72 Å². The van der Waals surface area contributed by atoms with Crippen LogP contribution in [0.25, 0.3) is 0 Å². The fourth-order valence-electron chi connectivity index (χ4n) is 1.24. The van der Waals surface area contributed by atoms with Crippen LogP contribution in [0.4, 0.5) is 0 Å². The first kappa shape index (κ1) is 16.9. The Hall–Kier alpha value is -1.20. The highest BCUT2D eigenvalue weighted by atomic mass is 35.5. The molecule has 0 aliphatic carbocycles. The molecule has 0 radical (unpaired) electrons. The summed E-state index contributed by atoms with van der Waals surface area (Å²) in [6.45, 7) is -0.403. The number of benzene rings is 1. The molecule has 0 aliphatic heterocycles. The van der Waals surface area contributed by atoms with Gasteiger partial charge in [-0.3, -0.25) is 0 Å². The van der Waals surface area contributed by atoms with Crippen molar-refractivity contribution in [3.05, 3.63) is 28.8 Å². The molecular weight excluding hydrogens is 332 g/mol. The second-order valence-corrected chi connectivity index (χ2v) is 7.62. The number of nitrogens with two attached hydrogens (primary N) is 1. The summed E-state index contributed by atoms with van der Waals surface area (Å²) in [5.74, 6) is -1.85. The lowest BCUT2D eigenvalue weighted by Gasteiger charge is -2.07. The van der Waals surface area contributed by atoms with Crippen LogP contribution < -0.4 is 9.86 Å². The van der Waals surface area contributed by atoms with Gasteiger partial charge in [-0.1, -0.05) is 11.6 Å². The Labute approximate surface area is 120 Å². The van der Waals surface area contributed by atoms with Gasteiger partial charge in [0, 0.05) is 6.54 Å². The smallest absolute Gasteiger partial charge is 0.337 e. The highest BCUT2D eigenvalue weighted by Crippen LogP contribution is 2.20. The molecule has 20 heavy (non-hydrogen) atoms. The van der Waals surface area contributed by atoms with E-state index in [2.05, 4.69) is 0 Å². The molecule has 1 aromatic carbocycles. The van der Waals surface area contributed by atoms with Crippen molar-refractivity contribution < 1.29 is 26.7 Å². The van der Waals surface area contributed by atoms with Crippen molar-refractivity contribution in [2.24, 2.45) is 5.14 Å². The van der Waals surface area contributed by atoms with E-state index in [1.54, 1.807) is 0 Å². The van der Waals surface area contributed by atoms with E-state index < -0.39 is 38.3 Å². The Morgan fingerprint density at radius 1 is 1.30 bits per heavy atom. The average molecular weight is 343 g/mol. The molecule has 0 amide bonds. The van der Waals surface area contributed by atoms with Crippen molar-refractivity contribution in [3.63, 3.8) is 0 Å². The first-order valence-corrected chi connectivity index (χ1v) is 8.63. The summed E-state index contributed by atoms with van der Waals surface area (Å²) in [5, 5.41) is 13.2. The van der Waals surface area contributed by atoms with Gasteiger partial charge in [-0.25, -0.2) is 31.5 Å². The van der Waals surface area contributed by atoms with Crippen LogP contribution in [0.5, 0.6) is 0 Å². The van der Waals surface area contributed by atoms with Gasteiger partial charge in [-0.15, -0.1) is 0 Å². The topological polar surface area (TPSA) is 144 Å². The van der Waals surface area contributed by atoms with Gasteiger partial charge in [0.25, 0.3) is 0 Å². The minimum Gasteiger partial charge on any atom is -0.478 e. The molecule has 1 aromatic rings. The molecule has 0 unspecified atom stereocenters. The van der Waals surface area contributed by atoms with Crippen LogP contribution in [0.2, 0.25) is 5.02 Å². The van der Waals surface area contributed by atoms with Gasteiger partial charge in [-0.2, -0.15) is 0 Å². The zero-order valence-electron chi connectivity index (χ0n) is 9.91. The maximum absolute atomic E-state index is 11.8. The number of hydrogen-bond donors (Lipinski definition) is 3. The summed E-state index contributed by atoms with van der Waals surface area (Å²) in [4.78, 5) is 10.5. The van der Waals surface area contributed by atoms with Gasteiger partial charge >= 0.3 is 5.97 Å². The van der Waals surface area contributed by atoms with Crippen LogP contribution in [0.15, 0.2) is 23.1 Å². The molecule has 0 saturated heterocycles. The van der Waals surface area contributed by atoms with Gasteiger partial charge in [0.05, 0.1) is 21.2 Å². The van der Waals surface area contributed by atoms with E-state index in [4.69, 9.17) is 21.8 Å². The fourth-order valence-corrected chi connectivity index (χ4v) is 3.14. The molecule has 4 N–H and O–H groups in total. The highest BCUT2D eigenvalue weighted by Gasteiger charge is 2.18. The standard InChI is InChI=1S/C9H11ClN2O6S2/c10-8-5-6(1-2-7(8)9(13)14)20(17,18)12-3-4-19(11,15)16/h1-2,5,12H,3-4H2,(H,13,14)(H2,11,15,16). The molecule has 1 rings (SSSR count). The molecule has 112 valence electrons. The second-order valence-electron chi connectivity index (χ2n) is 3.71. The third-order valence-electron chi connectivity index (χ3n) is 2.16. The average Bonchev–Trinajstić information content (AvgIpc) is 2.26. The molecule has 8 nitrogen and oxygen atoms in total. The number of rotatable bonds is 6. The lowest BCUT2D eigenvalue weighted by molar-refractivity contribution is 0.0697. The number of carboxylic acid groups (broad SMARTS) is 1. The molecule has 0 atom stereocenters. The molecule has 0 aromatic heterocycles. The Morgan fingerprint density at radius 3 is 2.35 bits per heavy atom. The van der Waals surface area contributed by atoms with Crippen LogP contribution in [-0.2, 0) is 20.0 Å². The first-order chi connectivity index (χ1) is 9.03. The summed E-state index contributed by atoms with van der Waals surface area (Å²) in [6.07, 6.45) is 0. The van der Waals surface area contributed by atoms with Crippen LogP contribution in [0.3, 0.4) is 0 Å². The zero-order chi connectivity index (χ0) is 15.6.